The number of ketones is 1. The van der Waals surface area contributed by atoms with Crippen molar-refractivity contribution >= 4 is 28.9 Å². The van der Waals surface area contributed by atoms with Crippen molar-refractivity contribution in [3.8, 4) is 0 Å². The summed E-state index contributed by atoms with van der Waals surface area (Å²) in [6.45, 7) is 8.31. The van der Waals surface area contributed by atoms with E-state index in [1.807, 2.05) is 62.4 Å². The van der Waals surface area contributed by atoms with E-state index < -0.39 is 0 Å². The summed E-state index contributed by atoms with van der Waals surface area (Å²) in [5, 5.41) is 6.64. The largest absolute Gasteiger partial charge is 0.339 e. The fourth-order valence-corrected chi connectivity index (χ4v) is 3.74. The molecule has 4 rings (SSSR count). The van der Waals surface area contributed by atoms with Crippen LogP contribution in [0.15, 0.2) is 48.5 Å². The van der Waals surface area contributed by atoms with Gasteiger partial charge in [-0.2, -0.15) is 4.98 Å². The fourth-order valence-electron chi connectivity index (χ4n) is 3.74. The molecule has 1 aliphatic carbocycles. The fraction of sp³-hybridized carbons (Fsp3) is 0.292. The summed E-state index contributed by atoms with van der Waals surface area (Å²) >= 11 is 0. The van der Waals surface area contributed by atoms with E-state index in [9.17, 15) is 4.79 Å². The predicted molar refractivity (Wildman–Crippen MR) is 117 cm³/mol. The number of nitrogens with zero attached hydrogens (tertiary/aromatic N) is 2. The number of carbonyl (C=O) groups excluding carboxylic acids is 1. The van der Waals surface area contributed by atoms with Crippen molar-refractivity contribution in [2.75, 3.05) is 10.6 Å². The topological polar surface area (TPSA) is 66.9 Å². The van der Waals surface area contributed by atoms with Crippen molar-refractivity contribution in [2.24, 2.45) is 5.41 Å². The van der Waals surface area contributed by atoms with Crippen LogP contribution in [0.1, 0.15) is 47.4 Å². The quantitative estimate of drug-likeness (QED) is 0.599. The van der Waals surface area contributed by atoms with Crippen LogP contribution in [0.25, 0.3) is 0 Å². The Kier molecular flexibility index (Phi) is 4.82. The second kappa shape index (κ2) is 7.32. The lowest BCUT2D eigenvalue weighted by Crippen LogP contribution is -2.29. The lowest BCUT2D eigenvalue weighted by molar-refractivity contribution is 0.0911. The Balaban J connectivity index is 1.77. The second-order valence-electron chi connectivity index (χ2n) is 8.64. The average Bonchev–Trinajstić information content (AvgIpc) is 2.62. The molecule has 0 spiro atoms. The number of hydrogen-bond donors (Lipinski definition) is 2. The van der Waals surface area contributed by atoms with Crippen molar-refractivity contribution in [3.05, 3.63) is 70.9 Å². The Morgan fingerprint density at radius 1 is 0.862 bits per heavy atom. The number of fused-ring (bicyclic) bond motifs is 1. The maximum atomic E-state index is 12.9. The Morgan fingerprint density at radius 2 is 1.62 bits per heavy atom. The summed E-state index contributed by atoms with van der Waals surface area (Å²) in [6, 6.07) is 16.1. The number of aryl methyl sites for hydroxylation is 2. The molecule has 0 bridgehead atoms. The van der Waals surface area contributed by atoms with E-state index in [-0.39, 0.29) is 11.2 Å². The maximum Gasteiger partial charge on any atom is 0.229 e. The van der Waals surface area contributed by atoms with Gasteiger partial charge in [-0.25, -0.2) is 4.98 Å². The molecule has 1 heterocycles. The predicted octanol–water partition coefficient (Wildman–Crippen LogP) is 5.74. The van der Waals surface area contributed by atoms with Gasteiger partial charge in [-0.3, -0.25) is 4.79 Å². The van der Waals surface area contributed by atoms with Crippen LogP contribution in [-0.4, -0.2) is 15.8 Å². The van der Waals surface area contributed by atoms with Crippen molar-refractivity contribution < 1.29 is 4.79 Å². The van der Waals surface area contributed by atoms with E-state index >= 15 is 0 Å². The Morgan fingerprint density at radius 3 is 2.34 bits per heavy atom. The molecule has 0 atom stereocenters. The lowest BCUT2D eigenvalue weighted by Gasteiger charge is -2.30. The van der Waals surface area contributed by atoms with E-state index in [0.717, 1.165) is 29.1 Å². The zero-order valence-electron chi connectivity index (χ0n) is 17.3. The number of aromatic nitrogens is 2. The molecule has 1 aromatic heterocycles. The van der Waals surface area contributed by atoms with Gasteiger partial charge in [-0.1, -0.05) is 43.7 Å². The normalized spacial score (nSPS) is 15.0. The highest BCUT2D eigenvalue weighted by atomic mass is 16.1. The van der Waals surface area contributed by atoms with Gasteiger partial charge in [-0.15, -0.1) is 0 Å². The van der Waals surface area contributed by atoms with Gasteiger partial charge in [0.1, 0.15) is 5.82 Å². The average molecular weight is 386 g/mol. The summed E-state index contributed by atoms with van der Waals surface area (Å²) in [6.07, 6.45) is 1.23. The standard InChI is InChI=1S/C24H26N4O/c1-15-8-10-17(11-9-15)25-22-21-19(13-24(3,4)14-20(21)29)27-23(28-22)26-18-7-5-6-16(2)12-18/h5-12H,13-14H2,1-4H3,(H2,25,26,27,28). The summed E-state index contributed by atoms with van der Waals surface area (Å²) in [7, 11) is 0. The van der Waals surface area contributed by atoms with Crippen molar-refractivity contribution in [3.63, 3.8) is 0 Å². The molecule has 0 aliphatic heterocycles. The third-order valence-corrected chi connectivity index (χ3v) is 5.14. The van der Waals surface area contributed by atoms with Crippen LogP contribution >= 0.6 is 0 Å². The first-order valence-electron chi connectivity index (χ1n) is 9.91. The van der Waals surface area contributed by atoms with Crippen LogP contribution in [0, 0.1) is 19.3 Å². The molecule has 0 amide bonds. The van der Waals surface area contributed by atoms with Crippen LogP contribution in [0.3, 0.4) is 0 Å². The highest BCUT2D eigenvalue weighted by molar-refractivity contribution is 6.03. The molecule has 2 N–H and O–H groups in total. The van der Waals surface area contributed by atoms with E-state index in [4.69, 9.17) is 4.98 Å². The molecular weight excluding hydrogens is 360 g/mol. The summed E-state index contributed by atoms with van der Waals surface area (Å²) in [5.74, 6) is 1.15. The number of benzene rings is 2. The molecule has 3 aromatic rings. The Hall–Kier alpha value is -3.21. The zero-order valence-corrected chi connectivity index (χ0v) is 17.3. The van der Waals surface area contributed by atoms with Crippen LogP contribution < -0.4 is 10.6 Å². The Labute approximate surface area is 171 Å². The van der Waals surface area contributed by atoms with E-state index in [1.54, 1.807) is 0 Å². The second-order valence-corrected chi connectivity index (χ2v) is 8.64. The minimum absolute atomic E-state index is 0.0907. The van der Waals surface area contributed by atoms with Gasteiger partial charge in [0.2, 0.25) is 5.95 Å². The van der Waals surface area contributed by atoms with E-state index in [0.29, 0.717) is 23.8 Å². The molecular formula is C24H26N4O. The number of hydrogen-bond acceptors (Lipinski definition) is 5. The van der Waals surface area contributed by atoms with Gasteiger partial charge in [0.05, 0.1) is 11.3 Å². The molecule has 0 fully saturated rings. The smallest absolute Gasteiger partial charge is 0.229 e. The highest BCUT2D eigenvalue weighted by Gasteiger charge is 2.35. The van der Waals surface area contributed by atoms with E-state index in [1.165, 1.54) is 5.56 Å². The molecule has 5 nitrogen and oxygen atoms in total. The summed E-state index contributed by atoms with van der Waals surface area (Å²) in [5.41, 5.74) is 5.45. The first-order chi connectivity index (χ1) is 13.8. The molecule has 5 heteroatoms. The minimum atomic E-state index is -0.111. The maximum absolute atomic E-state index is 12.9. The summed E-state index contributed by atoms with van der Waals surface area (Å²) in [4.78, 5) is 22.3. The van der Waals surface area contributed by atoms with Crippen molar-refractivity contribution in [1.82, 2.24) is 9.97 Å². The van der Waals surface area contributed by atoms with Crippen LogP contribution in [-0.2, 0) is 6.42 Å². The van der Waals surface area contributed by atoms with Gasteiger partial charge in [-0.05, 0) is 55.5 Å². The third-order valence-electron chi connectivity index (χ3n) is 5.14. The monoisotopic (exact) mass is 386 g/mol. The number of carbonyl (C=O) groups is 1. The number of nitrogens with one attached hydrogen (secondary N) is 2. The SMILES string of the molecule is Cc1ccc(Nc2nc(Nc3cccc(C)c3)nc3c2C(=O)CC(C)(C)C3)cc1. The van der Waals surface area contributed by atoms with Gasteiger partial charge < -0.3 is 10.6 Å². The first-order valence-corrected chi connectivity index (χ1v) is 9.91. The number of anilines is 4. The summed E-state index contributed by atoms with van der Waals surface area (Å²) < 4.78 is 0. The molecule has 148 valence electrons. The van der Waals surface area contributed by atoms with E-state index in [2.05, 4.69) is 29.5 Å². The third kappa shape index (κ3) is 4.29. The van der Waals surface area contributed by atoms with Crippen LogP contribution in [0.4, 0.5) is 23.1 Å². The number of Topliss-reactive ketones (excluding diaryl/α,β-unsaturated/α-hetero) is 1. The zero-order chi connectivity index (χ0) is 20.6. The molecule has 0 saturated heterocycles. The first kappa shape index (κ1) is 19.1. The van der Waals surface area contributed by atoms with Crippen LogP contribution in [0.2, 0.25) is 0 Å². The van der Waals surface area contributed by atoms with Crippen molar-refractivity contribution in [2.45, 2.75) is 40.5 Å². The van der Waals surface area contributed by atoms with Crippen molar-refractivity contribution in [1.29, 1.82) is 0 Å². The molecule has 0 saturated carbocycles. The molecule has 1 aliphatic rings. The molecule has 0 radical (unpaired) electrons. The number of rotatable bonds is 4. The molecule has 0 unspecified atom stereocenters. The highest BCUT2D eigenvalue weighted by Crippen LogP contribution is 2.37. The van der Waals surface area contributed by atoms with Gasteiger partial charge in [0, 0.05) is 17.8 Å². The van der Waals surface area contributed by atoms with Gasteiger partial charge >= 0.3 is 0 Å². The minimum Gasteiger partial charge on any atom is -0.339 e. The molecule has 29 heavy (non-hydrogen) atoms. The molecule has 2 aromatic carbocycles. The van der Waals surface area contributed by atoms with Gasteiger partial charge in [0.15, 0.2) is 5.78 Å². The Bertz CT molecular complexity index is 1070. The van der Waals surface area contributed by atoms with Gasteiger partial charge in [0.25, 0.3) is 0 Å². The van der Waals surface area contributed by atoms with Crippen LogP contribution in [0.5, 0.6) is 0 Å². The lowest BCUT2D eigenvalue weighted by atomic mass is 9.75.